The molecule has 0 aliphatic carbocycles. The molecule has 0 atom stereocenters. The highest BCUT2D eigenvalue weighted by Crippen LogP contribution is 2.13. The fourth-order valence-corrected chi connectivity index (χ4v) is 1.13. The van der Waals surface area contributed by atoms with Crippen LogP contribution in [0.2, 0.25) is 0 Å². The summed E-state index contributed by atoms with van der Waals surface area (Å²) in [7, 11) is 1.30. The molecule has 1 amide bonds. The molecule has 0 aliphatic heterocycles. The van der Waals surface area contributed by atoms with Gasteiger partial charge in [0, 0.05) is 5.69 Å². The third-order valence-corrected chi connectivity index (χ3v) is 2.13. The Kier molecular flexibility index (Phi) is 3.85. The van der Waals surface area contributed by atoms with Crippen LogP contribution in [0, 0.1) is 0 Å². The van der Waals surface area contributed by atoms with Gasteiger partial charge in [0.15, 0.2) is 0 Å². The molecule has 1 aromatic rings. The average Bonchev–Trinajstić information content (AvgIpc) is 2.27. The minimum Gasteiger partial charge on any atom is -0.465 e. The molecule has 5 heteroatoms. The van der Waals surface area contributed by atoms with Crippen molar-refractivity contribution in [3.63, 3.8) is 0 Å². The summed E-state index contributed by atoms with van der Waals surface area (Å²) in [6.45, 7) is 3.21. The topological polar surface area (TPSA) is 81.4 Å². The summed E-state index contributed by atoms with van der Waals surface area (Å²) in [4.78, 5) is 22.9. The second kappa shape index (κ2) is 4.97. The molecule has 0 saturated heterocycles. The zero-order valence-corrected chi connectivity index (χ0v) is 10.1. The van der Waals surface area contributed by atoms with E-state index in [1.807, 2.05) is 0 Å². The van der Waals surface area contributed by atoms with Gasteiger partial charge < -0.3 is 15.8 Å². The van der Waals surface area contributed by atoms with E-state index in [4.69, 9.17) is 5.73 Å². The molecule has 0 unspecified atom stereocenters. The van der Waals surface area contributed by atoms with Gasteiger partial charge in [0.05, 0.1) is 18.2 Å². The zero-order chi connectivity index (χ0) is 13.1. The number of benzene rings is 1. The quantitative estimate of drug-likeness (QED) is 0.771. The maximum atomic E-state index is 11.6. The lowest BCUT2D eigenvalue weighted by atomic mass is 10.1. The van der Waals surface area contributed by atoms with E-state index in [0.717, 1.165) is 0 Å². The third-order valence-electron chi connectivity index (χ3n) is 2.13. The summed E-state index contributed by atoms with van der Waals surface area (Å²) < 4.78 is 4.59. The van der Waals surface area contributed by atoms with E-state index >= 15 is 0 Å². The van der Waals surface area contributed by atoms with Crippen molar-refractivity contribution in [1.82, 2.24) is 0 Å². The minimum absolute atomic E-state index is 0.320. The van der Waals surface area contributed by atoms with Gasteiger partial charge in [-0.1, -0.05) is 6.07 Å². The van der Waals surface area contributed by atoms with E-state index in [-0.39, 0.29) is 5.91 Å². The van der Waals surface area contributed by atoms with Crippen molar-refractivity contribution in [2.24, 2.45) is 5.73 Å². The summed E-state index contributed by atoms with van der Waals surface area (Å²) in [6.07, 6.45) is 0. The van der Waals surface area contributed by atoms with Crippen molar-refractivity contribution in [1.29, 1.82) is 0 Å². The van der Waals surface area contributed by atoms with Gasteiger partial charge in [-0.3, -0.25) is 4.79 Å². The first-order chi connectivity index (χ1) is 7.84. The number of nitrogens with one attached hydrogen (secondary N) is 1. The first-order valence-electron chi connectivity index (χ1n) is 5.13. The molecule has 0 fully saturated rings. The lowest BCUT2D eigenvalue weighted by Crippen LogP contribution is -2.45. The number of anilines is 1. The molecular weight excluding hydrogens is 220 g/mol. The Hall–Kier alpha value is -1.88. The van der Waals surface area contributed by atoms with Crippen LogP contribution in [0.1, 0.15) is 24.2 Å². The van der Waals surface area contributed by atoms with Crippen molar-refractivity contribution < 1.29 is 14.3 Å². The molecule has 92 valence electrons. The van der Waals surface area contributed by atoms with E-state index in [1.54, 1.807) is 32.0 Å². The van der Waals surface area contributed by atoms with Gasteiger partial charge in [-0.2, -0.15) is 0 Å². The van der Waals surface area contributed by atoms with E-state index in [2.05, 4.69) is 10.1 Å². The number of nitrogens with two attached hydrogens (primary N) is 1. The van der Waals surface area contributed by atoms with E-state index in [9.17, 15) is 9.59 Å². The summed E-state index contributed by atoms with van der Waals surface area (Å²) in [5, 5.41) is 2.63. The molecule has 1 rings (SSSR count). The van der Waals surface area contributed by atoms with Crippen molar-refractivity contribution in [2.75, 3.05) is 12.4 Å². The first-order valence-corrected chi connectivity index (χ1v) is 5.13. The highest BCUT2D eigenvalue weighted by atomic mass is 16.5. The number of rotatable bonds is 3. The van der Waals surface area contributed by atoms with Gasteiger partial charge in [-0.15, -0.1) is 0 Å². The third kappa shape index (κ3) is 3.57. The van der Waals surface area contributed by atoms with Crippen LogP contribution >= 0.6 is 0 Å². The number of esters is 1. The Balaban J connectivity index is 2.87. The number of amides is 1. The van der Waals surface area contributed by atoms with Gasteiger partial charge in [0.1, 0.15) is 0 Å². The monoisotopic (exact) mass is 236 g/mol. The molecule has 3 N–H and O–H groups in total. The highest BCUT2D eigenvalue weighted by Gasteiger charge is 2.21. The highest BCUT2D eigenvalue weighted by molar-refractivity contribution is 5.98. The van der Waals surface area contributed by atoms with Crippen LogP contribution in [0.5, 0.6) is 0 Å². The molecule has 0 radical (unpaired) electrons. The standard InChI is InChI=1S/C12H16N2O3/c1-12(2,13)11(16)14-9-6-4-5-8(7-9)10(15)17-3/h4-7H,13H2,1-3H3,(H,14,16). The number of hydrogen-bond acceptors (Lipinski definition) is 4. The molecule has 0 saturated carbocycles. The Morgan fingerprint density at radius 2 is 2.00 bits per heavy atom. The average molecular weight is 236 g/mol. The van der Waals surface area contributed by atoms with Crippen LogP contribution in [-0.4, -0.2) is 24.5 Å². The fraction of sp³-hybridized carbons (Fsp3) is 0.333. The molecular formula is C12H16N2O3. The maximum absolute atomic E-state index is 11.6. The molecule has 0 bridgehead atoms. The van der Waals surface area contributed by atoms with Crippen LogP contribution in [0.15, 0.2) is 24.3 Å². The molecule has 0 spiro atoms. The molecule has 5 nitrogen and oxygen atoms in total. The summed E-state index contributed by atoms with van der Waals surface area (Å²) in [6, 6.07) is 6.48. The van der Waals surface area contributed by atoms with Crippen LogP contribution in [0.4, 0.5) is 5.69 Å². The van der Waals surface area contributed by atoms with Gasteiger partial charge in [-0.25, -0.2) is 4.79 Å². The largest absolute Gasteiger partial charge is 0.465 e. The SMILES string of the molecule is COC(=O)c1cccc(NC(=O)C(C)(C)N)c1. The number of carbonyl (C=O) groups is 2. The van der Waals surface area contributed by atoms with Crippen molar-refractivity contribution in [2.45, 2.75) is 19.4 Å². The Morgan fingerprint density at radius 3 is 2.53 bits per heavy atom. The van der Waals surface area contributed by atoms with Gasteiger partial charge in [0.25, 0.3) is 0 Å². The molecule has 0 aromatic heterocycles. The summed E-state index contributed by atoms with van der Waals surface area (Å²) in [5.41, 5.74) is 5.56. The van der Waals surface area contributed by atoms with Crippen molar-refractivity contribution in [3.8, 4) is 0 Å². The smallest absolute Gasteiger partial charge is 0.337 e. The minimum atomic E-state index is -0.971. The van der Waals surface area contributed by atoms with Crippen molar-refractivity contribution in [3.05, 3.63) is 29.8 Å². The van der Waals surface area contributed by atoms with Crippen molar-refractivity contribution >= 4 is 17.6 Å². The molecule has 17 heavy (non-hydrogen) atoms. The van der Waals surface area contributed by atoms with Crippen LogP contribution in [0.3, 0.4) is 0 Å². The van der Waals surface area contributed by atoms with Gasteiger partial charge in [-0.05, 0) is 32.0 Å². The van der Waals surface area contributed by atoms with E-state index in [1.165, 1.54) is 13.2 Å². The molecule has 1 aromatic carbocycles. The summed E-state index contributed by atoms with van der Waals surface area (Å²) >= 11 is 0. The first kappa shape index (κ1) is 13.2. The maximum Gasteiger partial charge on any atom is 0.337 e. The second-order valence-corrected chi connectivity index (χ2v) is 4.25. The Morgan fingerprint density at radius 1 is 1.35 bits per heavy atom. The molecule has 0 aliphatic rings. The van der Waals surface area contributed by atoms with Crippen LogP contribution in [-0.2, 0) is 9.53 Å². The Bertz CT molecular complexity index is 436. The molecule has 0 heterocycles. The lowest BCUT2D eigenvalue weighted by molar-refractivity contribution is -0.120. The second-order valence-electron chi connectivity index (χ2n) is 4.25. The van der Waals surface area contributed by atoms with Crippen LogP contribution < -0.4 is 11.1 Å². The van der Waals surface area contributed by atoms with E-state index < -0.39 is 11.5 Å². The predicted molar refractivity (Wildman–Crippen MR) is 64.7 cm³/mol. The number of methoxy groups -OCH3 is 1. The van der Waals surface area contributed by atoms with Gasteiger partial charge in [0.2, 0.25) is 5.91 Å². The predicted octanol–water partition coefficient (Wildman–Crippen LogP) is 1.15. The van der Waals surface area contributed by atoms with E-state index in [0.29, 0.717) is 11.3 Å². The van der Waals surface area contributed by atoms with Crippen LogP contribution in [0.25, 0.3) is 0 Å². The number of carbonyl (C=O) groups excluding carboxylic acids is 2. The fourth-order valence-electron chi connectivity index (χ4n) is 1.13. The number of hydrogen-bond donors (Lipinski definition) is 2. The Labute approximate surface area is 99.9 Å². The zero-order valence-electron chi connectivity index (χ0n) is 10.1. The normalized spacial score (nSPS) is 10.8. The summed E-state index contributed by atoms with van der Waals surface area (Å²) in [5.74, 6) is -0.771. The van der Waals surface area contributed by atoms with Gasteiger partial charge >= 0.3 is 5.97 Å². The lowest BCUT2D eigenvalue weighted by Gasteiger charge is -2.17. The number of ether oxygens (including phenoxy) is 1.